The molecule has 3 heterocycles. The molecular formula is C15H22N6O2. The number of aromatic nitrogens is 5. The fourth-order valence-corrected chi connectivity index (χ4v) is 3.03. The molecule has 0 saturated carbocycles. The van der Waals surface area contributed by atoms with Crippen molar-refractivity contribution in [1.29, 1.82) is 0 Å². The molecule has 3 rings (SSSR count). The molecule has 2 aromatic heterocycles. The van der Waals surface area contributed by atoms with E-state index in [1.807, 2.05) is 27.2 Å². The van der Waals surface area contributed by atoms with Crippen LogP contribution < -0.4 is 0 Å². The lowest BCUT2D eigenvalue weighted by Crippen LogP contribution is -2.37. The summed E-state index contributed by atoms with van der Waals surface area (Å²) in [6.07, 6.45) is 4.60. The molecule has 1 N–H and O–H groups in total. The van der Waals surface area contributed by atoms with Crippen LogP contribution in [0.1, 0.15) is 29.4 Å². The van der Waals surface area contributed by atoms with Gasteiger partial charge in [0.2, 0.25) is 5.91 Å². The zero-order valence-electron chi connectivity index (χ0n) is 13.7. The number of hydrogen-bond donors (Lipinski definition) is 1. The highest BCUT2D eigenvalue weighted by molar-refractivity contribution is 5.78. The second kappa shape index (κ2) is 6.49. The first-order valence-electron chi connectivity index (χ1n) is 7.74. The van der Waals surface area contributed by atoms with Crippen molar-refractivity contribution < 1.29 is 9.53 Å². The molecular weight excluding hydrogens is 296 g/mol. The molecule has 124 valence electrons. The summed E-state index contributed by atoms with van der Waals surface area (Å²) >= 11 is 0. The van der Waals surface area contributed by atoms with Gasteiger partial charge in [0.15, 0.2) is 0 Å². The van der Waals surface area contributed by atoms with Crippen molar-refractivity contribution in [3.8, 4) is 0 Å². The first kappa shape index (κ1) is 15.7. The Hall–Kier alpha value is -2.22. The number of amides is 1. The summed E-state index contributed by atoms with van der Waals surface area (Å²) < 4.78 is 7.52. The minimum absolute atomic E-state index is 0.0492. The number of rotatable bonds is 5. The third-order valence-electron chi connectivity index (χ3n) is 4.33. The van der Waals surface area contributed by atoms with Crippen LogP contribution in [0.2, 0.25) is 0 Å². The molecule has 8 heteroatoms. The number of carbonyl (C=O) groups is 1. The molecule has 1 aliphatic rings. The topological polar surface area (TPSA) is 88.9 Å². The number of hydrogen-bond acceptors (Lipinski definition) is 5. The minimum atomic E-state index is -0.0492. The van der Waals surface area contributed by atoms with Crippen molar-refractivity contribution in [3.63, 3.8) is 0 Å². The lowest BCUT2D eigenvalue weighted by atomic mass is 10.0. The molecule has 0 spiro atoms. The van der Waals surface area contributed by atoms with Gasteiger partial charge in [0.1, 0.15) is 12.2 Å². The predicted molar refractivity (Wildman–Crippen MR) is 82.8 cm³/mol. The molecule has 23 heavy (non-hydrogen) atoms. The van der Waals surface area contributed by atoms with E-state index in [0.717, 1.165) is 23.5 Å². The second-order valence-corrected chi connectivity index (χ2v) is 6.04. The van der Waals surface area contributed by atoms with Crippen LogP contribution in [0.25, 0.3) is 0 Å². The summed E-state index contributed by atoms with van der Waals surface area (Å²) in [6, 6.07) is 0. The third kappa shape index (κ3) is 3.42. The van der Waals surface area contributed by atoms with Crippen LogP contribution in [0.3, 0.4) is 0 Å². The third-order valence-corrected chi connectivity index (χ3v) is 4.33. The van der Waals surface area contributed by atoms with Crippen LogP contribution in [0.15, 0.2) is 12.5 Å². The van der Waals surface area contributed by atoms with E-state index in [9.17, 15) is 4.79 Å². The molecule has 1 fully saturated rings. The van der Waals surface area contributed by atoms with Gasteiger partial charge in [-0.2, -0.15) is 10.2 Å². The van der Waals surface area contributed by atoms with E-state index >= 15 is 0 Å². The summed E-state index contributed by atoms with van der Waals surface area (Å²) in [5.74, 6) is 1.05. The summed E-state index contributed by atoms with van der Waals surface area (Å²) in [7, 11) is 3.67. The largest absolute Gasteiger partial charge is 0.376 e. The maximum absolute atomic E-state index is 12.5. The lowest BCUT2D eigenvalue weighted by molar-refractivity contribution is -0.130. The Bertz CT molecular complexity index is 666. The highest BCUT2D eigenvalue weighted by Gasteiger charge is 2.33. The van der Waals surface area contributed by atoms with Crippen molar-refractivity contribution in [2.24, 2.45) is 7.05 Å². The number of aryl methyl sites for hydroxylation is 2. The molecule has 0 aliphatic carbocycles. The van der Waals surface area contributed by atoms with Gasteiger partial charge in [-0.15, -0.1) is 0 Å². The molecule has 0 unspecified atom stereocenters. The van der Waals surface area contributed by atoms with E-state index in [4.69, 9.17) is 4.74 Å². The smallest absolute Gasteiger partial charge is 0.226 e. The van der Waals surface area contributed by atoms with Crippen molar-refractivity contribution in [1.82, 2.24) is 29.9 Å². The number of H-pyrrole nitrogens is 1. The molecule has 0 radical (unpaired) electrons. The fraction of sp³-hybridized carbons (Fsp3) is 0.600. The average Bonchev–Trinajstić information content (AvgIpc) is 3.21. The van der Waals surface area contributed by atoms with Crippen molar-refractivity contribution in [2.75, 3.05) is 20.2 Å². The van der Waals surface area contributed by atoms with Gasteiger partial charge in [-0.3, -0.25) is 14.6 Å². The van der Waals surface area contributed by atoms with E-state index in [1.165, 1.54) is 6.33 Å². The Kier molecular flexibility index (Phi) is 4.42. The summed E-state index contributed by atoms with van der Waals surface area (Å²) in [5.41, 5.74) is 1.86. The van der Waals surface area contributed by atoms with E-state index in [1.54, 1.807) is 9.58 Å². The summed E-state index contributed by atoms with van der Waals surface area (Å²) in [6.45, 7) is 3.14. The zero-order valence-corrected chi connectivity index (χ0v) is 13.7. The molecule has 0 aromatic carbocycles. The van der Waals surface area contributed by atoms with Gasteiger partial charge in [0, 0.05) is 44.9 Å². The van der Waals surface area contributed by atoms with Crippen LogP contribution in [0.5, 0.6) is 0 Å². The lowest BCUT2D eigenvalue weighted by Gasteiger charge is -2.24. The van der Waals surface area contributed by atoms with Crippen LogP contribution in [-0.4, -0.2) is 62.1 Å². The van der Waals surface area contributed by atoms with Gasteiger partial charge in [-0.25, -0.2) is 4.98 Å². The van der Waals surface area contributed by atoms with Crippen LogP contribution in [-0.2, 0) is 23.0 Å². The van der Waals surface area contributed by atoms with Gasteiger partial charge in [-0.1, -0.05) is 0 Å². The summed E-state index contributed by atoms with van der Waals surface area (Å²) in [5, 5.41) is 11.1. The van der Waals surface area contributed by atoms with Gasteiger partial charge in [0.25, 0.3) is 0 Å². The normalized spacial score (nSPS) is 20.8. The van der Waals surface area contributed by atoms with Crippen molar-refractivity contribution in [2.45, 2.75) is 31.8 Å². The molecule has 8 nitrogen and oxygen atoms in total. The minimum Gasteiger partial charge on any atom is -0.376 e. The Balaban J connectivity index is 1.60. The summed E-state index contributed by atoms with van der Waals surface area (Å²) in [4.78, 5) is 18.4. The number of ether oxygens (including phenoxy) is 1. The monoisotopic (exact) mass is 318 g/mol. The highest BCUT2D eigenvalue weighted by Crippen LogP contribution is 2.29. The highest BCUT2D eigenvalue weighted by atomic mass is 16.5. The van der Waals surface area contributed by atoms with Crippen LogP contribution in [0, 0.1) is 6.92 Å². The maximum Gasteiger partial charge on any atom is 0.226 e. The Morgan fingerprint density at radius 1 is 1.57 bits per heavy atom. The quantitative estimate of drug-likeness (QED) is 0.863. The first-order valence-corrected chi connectivity index (χ1v) is 7.74. The van der Waals surface area contributed by atoms with Crippen molar-refractivity contribution >= 4 is 5.91 Å². The number of carbonyl (C=O) groups excluding carboxylic acids is 1. The van der Waals surface area contributed by atoms with Gasteiger partial charge < -0.3 is 9.64 Å². The van der Waals surface area contributed by atoms with Crippen LogP contribution in [0.4, 0.5) is 0 Å². The first-order chi connectivity index (χ1) is 11.0. The maximum atomic E-state index is 12.5. The number of nitrogens with zero attached hydrogens (tertiary/aromatic N) is 5. The SMILES string of the molecule is Cc1nn(C)cc1CC(=O)N(C)C[C@H]1OCC[C@H]1c1ncn[nH]1. The number of likely N-dealkylation sites (N-methyl/N-ethyl adjacent to an activating group) is 1. The average molecular weight is 318 g/mol. The molecule has 2 atom stereocenters. The molecule has 2 aromatic rings. The van der Waals surface area contributed by atoms with Crippen molar-refractivity contribution in [3.05, 3.63) is 29.6 Å². The molecule has 0 bridgehead atoms. The van der Waals surface area contributed by atoms with E-state index in [0.29, 0.717) is 19.6 Å². The number of nitrogens with one attached hydrogen (secondary N) is 1. The molecule has 1 aliphatic heterocycles. The Labute approximate surface area is 134 Å². The fourth-order valence-electron chi connectivity index (χ4n) is 3.03. The van der Waals surface area contributed by atoms with E-state index < -0.39 is 0 Å². The standard InChI is InChI=1S/C15H22N6O2/c1-10-11(7-21(3)19-10)6-14(22)20(2)8-13-12(4-5-23-13)15-16-9-17-18-15/h7,9,12-13H,4-6,8H2,1-3H3,(H,16,17,18)/t12-,13-/m1/s1. The van der Waals surface area contributed by atoms with Gasteiger partial charge >= 0.3 is 0 Å². The zero-order chi connectivity index (χ0) is 16.4. The van der Waals surface area contributed by atoms with Crippen LogP contribution >= 0.6 is 0 Å². The Morgan fingerprint density at radius 2 is 2.39 bits per heavy atom. The Morgan fingerprint density at radius 3 is 3.04 bits per heavy atom. The van der Waals surface area contributed by atoms with E-state index in [2.05, 4.69) is 20.3 Å². The number of aromatic amines is 1. The van der Waals surface area contributed by atoms with Gasteiger partial charge in [0.05, 0.1) is 18.2 Å². The van der Waals surface area contributed by atoms with Gasteiger partial charge in [-0.05, 0) is 13.3 Å². The van der Waals surface area contributed by atoms with E-state index in [-0.39, 0.29) is 17.9 Å². The molecule has 1 amide bonds. The predicted octanol–water partition coefficient (Wildman–Crippen LogP) is 0.420. The molecule has 1 saturated heterocycles. The second-order valence-electron chi connectivity index (χ2n) is 6.04.